The monoisotopic (exact) mass is 84.1 g/mol. The summed E-state index contributed by atoms with van der Waals surface area (Å²) >= 11 is 0. The predicted molar refractivity (Wildman–Crippen MR) is 26.6 cm³/mol. The van der Waals surface area contributed by atoms with Crippen molar-refractivity contribution in [1.82, 2.24) is 0 Å². The second kappa shape index (κ2) is 1.65. The Labute approximate surface area is 37.6 Å². The Bertz CT molecular complexity index is 69.9. The zero-order valence-corrected chi connectivity index (χ0v) is 3.86. The van der Waals surface area contributed by atoms with Crippen LogP contribution in [0.4, 0.5) is 0 Å². The number of hydrogen-bond acceptors (Lipinski definition) is 1. The van der Waals surface area contributed by atoms with Gasteiger partial charge in [0.15, 0.2) is 0 Å². The van der Waals surface area contributed by atoms with Crippen molar-refractivity contribution in [3.8, 4) is 0 Å². The van der Waals surface area contributed by atoms with Crippen molar-refractivity contribution >= 4 is 0 Å². The van der Waals surface area contributed by atoms with Gasteiger partial charge in [0.25, 0.3) is 0 Å². The fourth-order valence-electron chi connectivity index (χ4n) is 0. The summed E-state index contributed by atoms with van der Waals surface area (Å²) in [5, 5.41) is 8.34. The first kappa shape index (κ1) is 5.28. The lowest BCUT2D eigenvalue weighted by atomic mass is 10.3. The third-order valence-electron chi connectivity index (χ3n) is 0.493. The van der Waals surface area contributed by atoms with Crippen LogP contribution in [0.25, 0.3) is 0 Å². The molecule has 0 saturated carbocycles. The molecule has 0 amide bonds. The maximum Gasteiger partial charge on any atom is 0.110 e. The third-order valence-corrected chi connectivity index (χ3v) is 0.493. The smallest absolute Gasteiger partial charge is 0.110 e. The third kappa shape index (κ3) is 1.58. The van der Waals surface area contributed by atoms with Gasteiger partial charge >= 0.3 is 0 Å². The minimum absolute atomic E-state index is 0.0648. The highest BCUT2D eigenvalue weighted by Gasteiger charge is 1.80. The Kier molecular flexibility index (Phi) is 1.45. The first-order chi connectivity index (χ1) is 2.64. The summed E-state index contributed by atoms with van der Waals surface area (Å²) in [5.74, 6) is 0.0648. The zero-order valence-electron chi connectivity index (χ0n) is 3.86. The molecule has 6 heavy (non-hydrogen) atoms. The quantitative estimate of drug-likeness (QED) is 0.378. The van der Waals surface area contributed by atoms with Crippen molar-refractivity contribution in [2.75, 3.05) is 0 Å². The fraction of sp³-hybridized carbons (Fsp3) is 0.200. The van der Waals surface area contributed by atoms with Gasteiger partial charge < -0.3 is 5.11 Å². The minimum Gasteiger partial charge on any atom is -0.508 e. The average molecular weight is 84.1 g/mol. The van der Waals surface area contributed by atoms with E-state index in [9.17, 15) is 0 Å². The number of aliphatic hydroxyl groups is 1. The van der Waals surface area contributed by atoms with Gasteiger partial charge in [0, 0.05) is 0 Å². The number of rotatable bonds is 1. The molecule has 0 saturated heterocycles. The van der Waals surface area contributed by atoms with Crippen LogP contribution in [0.5, 0.6) is 0 Å². The molecule has 0 unspecified atom stereocenters. The van der Waals surface area contributed by atoms with Crippen molar-refractivity contribution in [3.63, 3.8) is 0 Å². The molecule has 0 aliphatic carbocycles. The summed E-state index contributed by atoms with van der Waals surface area (Å²) < 4.78 is 0. The van der Waals surface area contributed by atoms with Crippen LogP contribution in [-0.4, -0.2) is 5.11 Å². The molecule has 1 N–H and O–H groups in total. The Morgan fingerprint density at radius 1 is 1.50 bits per heavy atom. The lowest BCUT2D eigenvalue weighted by Crippen LogP contribution is -1.73. The van der Waals surface area contributed by atoms with Crippen molar-refractivity contribution in [3.05, 3.63) is 24.5 Å². The van der Waals surface area contributed by atoms with Crippen LogP contribution in [-0.2, 0) is 0 Å². The molecule has 0 radical (unpaired) electrons. The summed E-state index contributed by atoms with van der Waals surface area (Å²) in [6, 6.07) is 0. The van der Waals surface area contributed by atoms with E-state index in [2.05, 4.69) is 13.2 Å². The van der Waals surface area contributed by atoms with E-state index in [1.807, 2.05) is 0 Å². The van der Waals surface area contributed by atoms with E-state index < -0.39 is 0 Å². The Morgan fingerprint density at radius 2 is 1.67 bits per heavy atom. The van der Waals surface area contributed by atoms with Crippen LogP contribution in [0, 0.1) is 0 Å². The second-order valence-electron chi connectivity index (χ2n) is 1.23. The van der Waals surface area contributed by atoms with E-state index >= 15 is 0 Å². The van der Waals surface area contributed by atoms with Crippen LogP contribution in [0.15, 0.2) is 24.5 Å². The molecule has 0 aromatic carbocycles. The van der Waals surface area contributed by atoms with E-state index in [4.69, 9.17) is 5.11 Å². The first-order valence-corrected chi connectivity index (χ1v) is 1.68. The van der Waals surface area contributed by atoms with Crippen LogP contribution < -0.4 is 0 Å². The van der Waals surface area contributed by atoms with Gasteiger partial charge in [-0.1, -0.05) is 13.2 Å². The first-order valence-electron chi connectivity index (χ1n) is 1.68. The highest BCUT2D eigenvalue weighted by molar-refractivity contribution is 5.13. The standard InChI is InChI=1S/C5H8O/c1-4(2)5(3)6/h6H,1,3H2,2H3. The number of allylic oxidation sites excluding steroid dienone is 1. The zero-order chi connectivity index (χ0) is 5.15. The van der Waals surface area contributed by atoms with E-state index in [1.54, 1.807) is 6.92 Å². The van der Waals surface area contributed by atoms with E-state index in [0.29, 0.717) is 5.57 Å². The van der Waals surface area contributed by atoms with Gasteiger partial charge in [-0.15, -0.1) is 0 Å². The summed E-state index contributed by atoms with van der Waals surface area (Å²) in [4.78, 5) is 0. The molecule has 0 fully saturated rings. The SMILES string of the molecule is C=C(C)C(=C)O. The molecule has 0 rings (SSSR count). The topological polar surface area (TPSA) is 20.2 Å². The molecule has 0 aromatic heterocycles. The maximum absolute atomic E-state index is 8.34. The van der Waals surface area contributed by atoms with E-state index in [0.717, 1.165) is 0 Å². The molecule has 1 nitrogen and oxygen atoms in total. The Balaban J connectivity index is 3.57. The Morgan fingerprint density at radius 3 is 1.67 bits per heavy atom. The minimum atomic E-state index is 0.0648. The van der Waals surface area contributed by atoms with E-state index in [-0.39, 0.29) is 5.76 Å². The predicted octanol–water partition coefficient (Wildman–Crippen LogP) is 1.63. The molecule has 1 heteroatoms. The summed E-state index contributed by atoms with van der Waals surface area (Å²) in [7, 11) is 0. The molecule has 0 spiro atoms. The number of hydrogen-bond donors (Lipinski definition) is 1. The molecule has 0 aliphatic rings. The molecule has 0 heterocycles. The normalized spacial score (nSPS) is 7.50. The van der Waals surface area contributed by atoms with Crippen molar-refractivity contribution in [2.24, 2.45) is 0 Å². The van der Waals surface area contributed by atoms with Gasteiger partial charge in [-0.3, -0.25) is 0 Å². The molecule has 0 bridgehead atoms. The highest BCUT2D eigenvalue weighted by atomic mass is 16.3. The van der Waals surface area contributed by atoms with Gasteiger partial charge in [-0.05, 0) is 12.5 Å². The molecule has 0 aliphatic heterocycles. The Hall–Kier alpha value is -0.720. The molecule has 0 atom stereocenters. The highest BCUT2D eigenvalue weighted by Crippen LogP contribution is 1.94. The van der Waals surface area contributed by atoms with Gasteiger partial charge in [0.1, 0.15) is 5.76 Å². The van der Waals surface area contributed by atoms with Crippen LogP contribution in [0.1, 0.15) is 6.92 Å². The lowest BCUT2D eigenvalue weighted by Gasteiger charge is -1.87. The van der Waals surface area contributed by atoms with E-state index in [1.165, 1.54) is 0 Å². The largest absolute Gasteiger partial charge is 0.508 e. The fourth-order valence-corrected chi connectivity index (χ4v) is 0. The van der Waals surface area contributed by atoms with Crippen LogP contribution in [0.2, 0.25) is 0 Å². The van der Waals surface area contributed by atoms with Gasteiger partial charge in [-0.2, -0.15) is 0 Å². The van der Waals surface area contributed by atoms with Crippen molar-refractivity contribution < 1.29 is 5.11 Å². The second-order valence-corrected chi connectivity index (χ2v) is 1.23. The van der Waals surface area contributed by atoms with Crippen molar-refractivity contribution in [1.29, 1.82) is 0 Å². The summed E-state index contributed by atoms with van der Waals surface area (Å²) in [6.07, 6.45) is 0. The van der Waals surface area contributed by atoms with Gasteiger partial charge in [-0.25, -0.2) is 0 Å². The number of aliphatic hydroxyl groups excluding tert-OH is 1. The molecular weight excluding hydrogens is 76.1 g/mol. The molecule has 0 aromatic rings. The van der Waals surface area contributed by atoms with Crippen molar-refractivity contribution in [2.45, 2.75) is 6.92 Å². The molecule has 34 valence electrons. The maximum atomic E-state index is 8.34. The average Bonchev–Trinajstić information content (AvgIpc) is 1.36. The molecular formula is C5H8O. The van der Waals surface area contributed by atoms with Crippen LogP contribution >= 0.6 is 0 Å². The summed E-state index contributed by atoms with van der Waals surface area (Å²) in [6.45, 7) is 8.31. The van der Waals surface area contributed by atoms with Crippen LogP contribution in [0.3, 0.4) is 0 Å². The summed E-state index contributed by atoms with van der Waals surface area (Å²) in [5.41, 5.74) is 0.620. The lowest BCUT2D eigenvalue weighted by molar-refractivity contribution is 0.427. The van der Waals surface area contributed by atoms with Gasteiger partial charge in [0.2, 0.25) is 0 Å². The van der Waals surface area contributed by atoms with Gasteiger partial charge in [0.05, 0.1) is 0 Å².